The van der Waals surface area contributed by atoms with E-state index in [-0.39, 0.29) is 0 Å². The lowest BCUT2D eigenvalue weighted by atomic mass is 10.1. The van der Waals surface area contributed by atoms with E-state index in [9.17, 15) is 4.39 Å². The van der Waals surface area contributed by atoms with Gasteiger partial charge in [0.05, 0.1) is 0 Å². The van der Waals surface area contributed by atoms with Crippen molar-refractivity contribution in [2.45, 2.75) is 12.8 Å². The summed E-state index contributed by atoms with van der Waals surface area (Å²) in [4.78, 5) is 0. The van der Waals surface area contributed by atoms with Gasteiger partial charge in [0.15, 0.2) is 6.30 Å². The Bertz CT molecular complexity index is 277. The Hall–Kier alpha value is -0.890. The Kier molecular flexibility index (Phi) is 1.000. The van der Waals surface area contributed by atoms with Crippen LogP contribution in [0.4, 0.5) is 4.39 Å². The molecule has 1 atom stereocenters. The summed E-state index contributed by atoms with van der Waals surface area (Å²) in [5.74, 6) is 0. The lowest BCUT2D eigenvalue weighted by Gasteiger charge is -1.97. The van der Waals surface area contributed by atoms with Crippen molar-refractivity contribution in [3.8, 4) is 0 Å². The first kappa shape index (κ1) is 4.85. The molecule has 52 valence electrons. The minimum Gasteiger partial charge on any atom is -0.280 e. The number of halogens is 1. The highest BCUT2D eigenvalue weighted by atomic mass is 19.1. The third kappa shape index (κ3) is 0.727. The number of hydrogen-bond acceptors (Lipinski definition) is 1. The van der Waals surface area contributed by atoms with E-state index in [4.69, 9.17) is 1.41 Å². The average Bonchev–Trinajstić information content (AvgIpc) is 2.30. The van der Waals surface area contributed by atoms with Gasteiger partial charge in [-0.25, -0.2) is 4.39 Å². The molecule has 0 radical (unpaired) electrons. The van der Waals surface area contributed by atoms with Gasteiger partial charge in [-0.05, 0) is 5.56 Å². The zero-order chi connectivity index (χ0) is 7.84. The van der Waals surface area contributed by atoms with Gasteiger partial charge in [-0.2, -0.15) is 0 Å². The fourth-order valence-corrected chi connectivity index (χ4v) is 1.19. The number of nitrogens with one attached hydrogen (secondary N) is 1. The molecule has 0 saturated carbocycles. The van der Waals surface area contributed by atoms with Gasteiger partial charge in [-0.15, -0.1) is 0 Å². The second-order valence-corrected chi connectivity index (χ2v) is 2.38. The Morgan fingerprint density at radius 1 is 1.60 bits per heavy atom. The first-order valence-corrected chi connectivity index (χ1v) is 3.26. The standard InChI is InChI=1S/C8H8FN/c9-8-7-4-2-1-3-6(7)5-10-8/h1-4,8,10H,5H2/i/hD. The van der Waals surface area contributed by atoms with Crippen LogP contribution in [0, 0.1) is 0 Å². The highest BCUT2D eigenvalue weighted by Gasteiger charge is 2.19. The summed E-state index contributed by atoms with van der Waals surface area (Å²) >= 11 is 0. The normalized spacial score (nSPS) is 26.1. The van der Waals surface area contributed by atoms with Crippen LogP contribution in [0.1, 0.15) is 17.4 Å². The highest BCUT2D eigenvalue weighted by molar-refractivity contribution is 5.31. The molecule has 1 aromatic rings. The molecule has 0 aromatic heterocycles. The summed E-state index contributed by atoms with van der Waals surface area (Å²) < 4.78 is 20.2. The molecule has 0 bridgehead atoms. The smallest absolute Gasteiger partial charge is 0.177 e. The molecule has 1 unspecified atom stereocenters. The van der Waals surface area contributed by atoms with E-state index >= 15 is 0 Å². The molecule has 0 saturated heterocycles. The lowest BCUT2D eigenvalue weighted by Crippen LogP contribution is -2.05. The van der Waals surface area contributed by atoms with E-state index < -0.39 is 6.30 Å². The van der Waals surface area contributed by atoms with Crippen molar-refractivity contribution < 1.29 is 5.80 Å². The maximum atomic E-state index is 13.0. The molecule has 10 heavy (non-hydrogen) atoms. The zero-order valence-corrected chi connectivity index (χ0v) is 5.42. The molecule has 1 N–H and O–H groups in total. The quantitative estimate of drug-likeness (QED) is 0.538. The number of hydrogen-bond donors (Lipinski definition) is 1. The predicted octanol–water partition coefficient (Wildman–Crippen LogP) is 1.76. The second kappa shape index (κ2) is 2.06. The van der Waals surface area contributed by atoms with Crippen LogP contribution in [0.25, 0.3) is 0 Å². The van der Waals surface area contributed by atoms with Crippen molar-refractivity contribution in [3.05, 3.63) is 35.4 Å². The molecule has 2 rings (SSSR count). The fourth-order valence-electron chi connectivity index (χ4n) is 1.19. The van der Waals surface area contributed by atoms with Crippen LogP contribution in [-0.2, 0) is 6.54 Å². The van der Waals surface area contributed by atoms with Crippen molar-refractivity contribution >= 4 is 0 Å². The van der Waals surface area contributed by atoms with Gasteiger partial charge in [0.2, 0.25) is 0 Å². The lowest BCUT2D eigenvalue weighted by molar-refractivity contribution is 0.301. The maximum Gasteiger partial charge on any atom is 0.177 e. The maximum absolute atomic E-state index is 13.0. The largest absolute Gasteiger partial charge is 0.280 e. The fraction of sp³-hybridized carbons (Fsp3) is 0.250. The zero-order valence-electron chi connectivity index (χ0n) is 6.42. The minimum atomic E-state index is -1.23. The van der Waals surface area contributed by atoms with E-state index in [1.165, 1.54) is 0 Å². The van der Waals surface area contributed by atoms with Gasteiger partial charge in [-0.1, -0.05) is 24.3 Å². The van der Waals surface area contributed by atoms with Gasteiger partial charge < -0.3 is 0 Å². The van der Waals surface area contributed by atoms with Crippen molar-refractivity contribution in [3.63, 3.8) is 0 Å². The van der Waals surface area contributed by atoms with Gasteiger partial charge >= 0.3 is 0 Å². The first-order valence-electron chi connectivity index (χ1n) is 3.71. The van der Waals surface area contributed by atoms with Crippen molar-refractivity contribution in [2.24, 2.45) is 0 Å². The van der Waals surface area contributed by atoms with Gasteiger partial charge in [0, 0.05) is 12.1 Å². The summed E-state index contributed by atoms with van der Waals surface area (Å²) in [5, 5.41) is 0.949. The van der Waals surface area contributed by atoms with E-state index in [2.05, 4.69) is 0 Å². The van der Waals surface area contributed by atoms with Crippen molar-refractivity contribution in [1.82, 2.24) is 5.31 Å². The summed E-state index contributed by atoms with van der Waals surface area (Å²) in [6.07, 6.45) is -1.23. The number of fused-ring (bicyclic) bond motifs is 1. The van der Waals surface area contributed by atoms with Crippen LogP contribution >= 0.6 is 0 Å². The molecule has 0 amide bonds. The molecule has 0 spiro atoms. The molecule has 0 aliphatic carbocycles. The summed E-state index contributed by atoms with van der Waals surface area (Å²) in [6.45, 7) is 0.400. The van der Waals surface area contributed by atoms with Crippen LogP contribution in [0.5, 0.6) is 0 Å². The van der Waals surface area contributed by atoms with E-state index in [1.807, 2.05) is 12.1 Å². The molecular formula is C8H8FN. The topological polar surface area (TPSA) is 12.0 Å². The molecule has 1 nitrogen and oxygen atoms in total. The number of benzene rings is 1. The van der Waals surface area contributed by atoms with Gasteiger partial charge in [-0.3, -0.25) is 5.31 Å². The summed E-state index contributed by atoms with van der Waals surface area (Å²) in [7, 11) is 0. The van der Waals surface area contributed by atoms with E-state index in [1.54, 1.807) is 12.1 Å². The van der Waals surface area contributed by atoms with E-state index in [0.717, 1.165) is 10.9 Å². The Balaban J connectivity index is 2.47. The SMILES string of the molecule is [2H]N1Cc2ccccc2C1F. The molecule has 2 heteroatoms. The van der Waals surface area contributed by atoms with E-state index in [0.29, 0.717) is 12.1 Å². The van der Waals surface area contributed by atoms with Crippen molar-refractivity contribution in [2.75, 3.05) is 0 Å². The summed E-state index contributed by atoms with van der Waals surface area (Å²) in [5.41, 5.74) is 1.57. The first-order chi connectivity index (χ1) is 5.29. The molecule has 1 aromatic carbocycles. The van der Waals surface area contributed by atoms with Crippen LogP contribution in [0.3, 0.4) is 0 Å². The molecule has 1 heterocycles. The van der Waals surface area contributed by atoms with Crippen LogP contribution in [-0.4, -0.2) is 0 Å². The average molecular weight is 138 g/mol. The van der Waals surface area contributed by atoms with Crippen LogP contribution in [0.15, 0.2) is 24.3 Å². The predicted molar refractivity (Wildman–Crippen MR) is 37.1 cm³/mol. The van der Waals surface area contributed by atoms with Crippen LogP contribution < -0.4 is 5.31 Å². The third-order valence-electron chi connectivity index (χ3n) is 1.73. The Morgan fingerprint density at radius 2 is 2.40 bits per heavy atom. The third-order valence-corrected chi connectivity index (χ3v) is 1.73. The monoisotopic (exact) mass is 138 g/mol. The molecule has 0 fully saturated rings. The van der Waals surface area contributed by atoms with Crippen molar-refractivity contribution in [1.29, 1.82) is 0 Å². The molecular weight excluding hydrogens is 129 g/mol. The Labute approximate surface area is 60.3 Å². The van der Waals surface area contributed by atoms with Gasteiger partial charge in [0.25, 0.3) is 0 Å². The Morgan fingerprint density at radius 3 is 3.20 bits per heavy atom. The molecule has 1 aliphatic heterocycles. The summed E-state index contributed by atoms with van der Waals surface area (Å²) in [6, 6.07) is 7.25. The van der Waals surface area contributed by atoms with Crippen LogP contribution in [0.2, 0.25) is 1.41 Å². The van der Waals surface area contributed by atoms with Gasteiger partial charge in [0.1, 0.15) is 1.41 Å². The highest BCUT2D eigenvalue weighted by Crippen LogP contribution is 2.24. The number of alkyl halides is 1. The number of rotatable bonds is 0. The second-order valence-electron chi connectivity index (χ2n) is 2.38. The molecule has 1 aliphatic rings. The minimum absolute atomic E-state index is 0.400.